The number of anilines is 2. The lowest BCUT2D eigenvalue weighted by Gasteiger charge is -2.24. The normalized spacial score (nSPS) is 20.0. The zero-order chi connectivity index (χ0) is 21.3. The summed E-state index contributed by atoms with van der Waals surface area (Å²) in [6.45, 7) is 0.793. The minimum absolute atomic E-state index is 0.0559. The van der Waals surface area contributed by atoms with Gasteiger partial charge in [-0.2, -0.15) is 8.42 Å². The Morgan fingerprint density at radius 3 is 2.60 bits per heavy atom. The van der Waals surface area contributed by atoms with Crippen molar-refractivity contribution in [2.45, 2.75) is 30.1 Å². The van der Waals surface area contributed by atoms with Crippen molar-refractivity contribution in [2.24, 2.45) is 4.40 Å². The van der Waals surface area contributed by atoms with Crippen LogP contribution in [0.25, 0.3) is 0 Å². The minimum Gasteiger partial charge on any atom is -0.362 e. The second kappa shape index (κ2) is 7.91. The maximum absolute atomic E-state index is 12.8. The molecule has 0 bridgehead atoms. The van der Waals surface area contributed by atoms with Gasteiger partial charge in [-0.05, 0) is 42.3 Å². The number of benzene rings is 2. The van der Waals surface area contributed by atoms with Gasteiger partial charge in [0.2, 0.25) is 11.8 Å². The van der Waals surface area contributed by atoms with Crippen LogP contribution < -0.4 is 10.6 Å². The highest BCUT2D eigenvalue weighted by Gasteiger charge is 2.30. The summed E-state index contributed by atoms with van der Waals surface area (Å²) in [5, 5.41) is 5.54. The first-order chi connectivity index (χ1) is 14.3. The summed E-state index contributed by atoms with van der Waals surface area (Å²) in [5.41, 5.74) is 1.84. The van der Waals surface area contributed by atoms with Crippen molar-refractivity contribution >= 4 is 39.0 Å². The quantitative estimate of drug-likeness (QED) is 0.781. The lowest BCUT2D eigenvalue weighted by Crippen LogP contribution is -2.30. The van der Waals surface area contributed by atoms with E-state index < -0.39 is 15.9 Å². The van der Waals surface area contributed by atoms with Gasteiger partial charge in [0, 0.05) is 37.8 Å². The topological polar surface area (TPSA) is 108 Å². The monoisotopic (exact) mass is 426 g/mol. The van der Waals surface area contributed by atoms with Gasteiger partial charge < -0.3 is 15.5 Å². The molecule has 1 fully saturated rings. The lowest BCUT2D eigenvalue weighted by atomic mass is 9.90. The van der Waals surface area contributed by atoms with Gasteiger partial charge in [-0.25, -0.2) is 0 Å². The highest BCUT2D eigenvalue weighted by Crippen LogP contribution is 2.33. The maximum atomic E-state index is 12.8. The number of amidine groups is 1. The van der Waals surface area contributed by atoms with Crippen LogP contribution in [0, 0.1) is 0 Å². The van der Waals surface area contributed by atoms with Gasteiger partial charge in [0.25, 0.3) is 10.0 Å². The van der Waals surface area contributed by atoms with Crippen molar-refractivity contribution in [3.63, 3.8) is 0 Å². The number of para-hydroxylation sites is 1. The predicted molar refractivity (Wildman–Crippen MR) is 114 cm³/mol. The molecule has 9 heteroatoms. The van der Waals surface area contributed by atoms with Gasteiger partial charge in [0.05, 0.1) is 10.8 Å². The van der Waals surface area contributed by atoms with E-state index in [0.717, 1.165) is 18.5 Å². The second-order valence-corrected chi connectivity index (χ2v) is 9.02. The maximum Gasteiger partial charge on any atom is 0.283 e. The van der Waals surface area contributed by atoms with E-state index in [1.807, 2.05) is 24.1 Å². The van der Waals surface area contributed by atoms with E-state index in [9.17, 15) is 18.0 Å². The summed E-state index contributed by atoms with van der Waals surface area (Å²) >= 11 is 0. The summed E-state index contributed by atoms with van der Waals surface area (Å²) in [6.07, 6.45) is 1.58. The first-order valence-corrected chi connectivity index (χ1v) is 11.1. The van der Waals surface area contributed by atoms with Crippen LogP contribution >= 0.6 is 0 Å². The fraction of sp³-hybridized carbons (Fsp3) is 0.286. The summed E-state index contributed by atoms with van der Waals surface area (Å²) in [6, 6.07) is 13.1. The van der Waals surface area contributed by atoms with Crippen LogP contribution in [0.5, 0.6) is 0 Å². The van der Waals surface area contributed by atoms with Crippen molar-refractivity contribution < 1.29 is 18.0 Å². The number of carbonyl (C=O) groups excluding carboxylic acids is 2. The van der Waals surface area contributed by atoms with Gasteiger partial charge in [-0.15, -0.1) is 4.40 Å². The molecule has 4 rings (SSSR count). The molecule has 0 aliphatic carbocycles. The van der Waals surface area contributed by atoms with Crippen molar-refractivity contribution in [1.82, 2.24) is 4.90 Å². The van der Waals surface area contributed by atoms with Crippen LogP contribution in [0.2, 0.25) is 0 Å². The fourth-order valence-corrected chi connectivity index (χ4v) is 4.78. The number of amides is 2. The van der Waals surface area contributed by atoms with Crippen molar-refractivity contribution in [3.05, 3.63) is 54.1 Å². The number of carbonyl (C=O) groups is 2. The van der Waals surface area contributed by atoms with Crippen molar-refractivity contribution in [2.75, 3.05) is 24.2 Å². The molecule has 0 spiro atoms. The van der Waals surface area contributed by atoms with Crippen LogP contribution in [0.3, 0.4) is 0 Å². The molecular formula is C21H22N4O4S. The number of fused-ring (bicyclic) bond motifs is 1. The Kier molecular flexibility index (Phi) is 5.29. The van der Waals surface area contributed by atoms with E-state index in [-0.39, 0.29) is 23.1 Å². The van der Waals surface area contributed by atoms with Gasteiger partial charge in [0.1, 0.15) is 5.84 Å². The van der Waals surface area contributed by atoms with E-state index >= 15 is 0 Å². The Balaban J connectivity index is 1.50. The average Bonchev–Trinajstić information content (AvgIpc) is 3.11. The number of hydrogen-bond acceptors (Lipinski definition) is 4. The molecule has 1 atom stereocenters. The number of rotatable bonds is 4. The third-order valence-electron chi connectivity index (χ3n) is 5.30. The third-order valence-corrected chi connectivity index (χ3v) is 6.62. The molecule has 8 nitrogen and oxygen atoms in total. The molecule has 2 aromatic carbocycles. The lowest BCUT2D eigenvalue weighted by molar-refractivity contribution is -0.123. The summed E-state index contributed by atoms with van der Waals surface area (Å²) in [7, 11) is -1.99. The van der Waals surface area contributed by atoms with Gasteiger partial charge in [0.15, 0.2) is 0 Å². The Morgan fingerprint density at radius 2 is 1.90 bits per heavy atom. The Hall–Kier alpha value is -3.20. The standard InChI is InChI=1S/C21H22N4O4S/c1-25-12-4-7-19(25)24-30(28,29)15-10-8-14(9-11-15)22-21(27)17-13-20(26)23-18-6-3-2-5-16(17)18/h2-3,5-6,8-11,17H,4,7,12-13H2,1H3,(H,22,27)(H,23,26)/b24-19-. The van der Waals surface area contributed by atoms with Crippen molar-refractivity contribution in [1.29, 1.82) is 0 Å². The first kappa shape index (κ1) is 20.1. The van der Waals surface area contributed by atoms with Crippen LogP contribution in [-0.2, 0) is 19.6 Å². The van der Waals surface area contributed by atoms with E-state index in [4.69, 9.17) is 0 Å². The van der Waals surface area contributed by atoms with E-state index in [1.165, 1.54) is 24.3 Å². The Morgan fingerprint density at radius 1 is 1.17 bits per heavy atom. The SMILES string of the molecule is CN1CCC/C1=N/S(=O)(=O)c1ccc(NC(=O)C2CC(=O)Nc3ccccc32)cc1. The molecule has 1 saturated heterocycles. The first-order valence-electron chi connectivity index (χ1n) is 9.68. The molecule has 2 amide bonds. The molecule has 0 aromatic heterocycles. The molecule has 2 heterocycles. The summed E-state index contributed by atoms with van der Waals surface area (Å²) in [5.74, 6) is -0.587. The summed E-state index contributed by atoms with van der Waals surface area (Å²) in [4.78, 5) is 26.6. The minimum atomic E-state index is -3.81. The van der Waals surface area contributed by atoms with Gasteiger partial charge in [-0.3, -0.25) is 9.59 Å². The van der Waals surface area contributed by atoms with Crippen LogP contribution in [0.1, 0.15) is 30.7 Å². The zero-order valence-corrected chi connectivity index (χ0v) is 17.3. The molecule has 0 radical (unpaired) electrons. The van der Waals surface area contributed by atoms with Crippen molar-refractivity contribution in [3.8, 4) is 0 Å². The molecule has 2 aliphatic rings. The number of sulfonamides is 1. The fourth-order valence-electron chi connectivity index (χ4n) is 3.69. The van der Waals surface area contributed by atoms with Gasteiger partial charge >= 0.3 is 0 Å². The predicted octanol–water partition coefficient (Wildman–Crippen LogP) is 2.56. The second-order valence-electron chi connectivity index (χ2n) is 7.41. The smallest absolute Gasteiger partial charge is 0.283 e. The highest BCUT2D eigenvalue weighted by atomic mass is 32.2. The third kappa shape index (κ3) is 4.06. The van der Waals surface area contributed by atoms with Crippen LogP contribution in [0.15, 0.2) is 57.8 Å². The van der Waals surface area contributed by atoms with Crippen LogP contribution in [-0.4, -0.2) is 44.6 Å². The van der Waals surface area contributed by atoms with E-state index in [0.29, 0.717) is 23.6 Å². The van der Waals surface area contributed by atoms with E-state index in [1.54, 1.807) is 12.1 Å². The number of hydrogen-bond donors (Lipinski definition) is 2. The highest BCUT2D eigenvalue weighted by molar-refractivity contribution is 7.90. The summed E-state index contributed by atoms with van der Waals surface area (Å²) < 4.78 is 29.0. The molecule has 30 heavy (non-hydrogen) atoms. The number of likely N-dealkylation sites (tertiary alicyclic amines) is 1. The zero-order valence-electron chi connectivity index (χ0n) is 16.5. The molecule has 156 valence electrons. The largest absolute Gasteiger partial charge is 0.362 e. The van der Waals surface area contributed by atoms with Crippen LogP contribution in [0.4, 0.5) is 11.4 Å². The van der Waals surface area contributed by atoms with E-state index in [2.05, 4.69) is 15.0 Å². The van der Waals surface area contributed by atoms with Gasteiger partial charge in [-0.1, -0.05) is 18.2 Å². The molecule has 1 unspecified atom stereocenters. The average molecular weight is 426 g/mol. The Bertz CT molecular complexity index is 1130. The molecule has 0 saturated carbocycles. The molecular weight excluding hydrogens is 404 g/mol. The molecule has 2 aliphatic heterocycles. The number of nitrogens with zero attached hydrogens (tertiary/aromatic N) is 2. The molecule has 2 aromatic rings. The Labute approximate surface area is 175 Å². The molecule has 2 N–H and O–H groups in total. The number of nitrogens with one attached hydrogen (secondary N) is 2.